The Morgan fingerprint density at radius 1 is 1.24 bits per heavy atom. The molecule has 1 rings (SSSR count). The van der Waals surface area contributed by atoms with Crippen LogP contribution in [0.2, 0.25) is 0 Å². The second-order valence-corrected chi connectivity index (χ2v) is 6.75. The van der Waals surface area contributed by atoms with Crippen LogP contribution in [-0.4, -0.2) is 60.5 Å². The fourth-order valence-corrected chi connectivity index (χ4v) is 2.58. The van der Waals surface area contributed by atoms with E-state index in [2.05, 4.69) is 22.3 Å². The van der Waals surface area contributed by atoms with Gasteiger partial charge in [0, 0.05) is 20.6 Å². The van der Waals surface area contributed by atoms with Gasteiger partial charge in [0.2, 0.25) is 5.91 Å². The maximum Gasteiger partial charge on any atom is 0.230 e. The number of benzene rings is 1. The number of carbonyl (C=O) groups is 1. The van der Waals surface area contributed by atoms with Crippen molar-refractivity contribution >= 4 is 34.2 Å². The van der Waals surface area contributed by atoms with E-state index in [0.29, 0.717) is 12.3 Å². The van der Waals surface area contributed by atoms with Crippen LogP contribution in [0.1, 0.15) is 11.6 Å². The predicted molar refractivity (Wildman–Crippen MR) is 94.6 cm³/mol. The van der Waals surface area contributed by atoms with Gasteiger partial charge >= 0.3 is 0 Å². The molecule has 0 saturated heterocycles. The van der Waals surface area contributed by atoms with Gasteiger partial charge in [0.25, 0.3) is 0 Å². The SMILES string of the molecule is CN(C)C(=S)SCC(=O)NC[C@@H](c1ccccc1)N(C)C. The van der Waals surface area contributed by atoms with E-state index in [1.165, 1.54) is 17.3 Å². The molecule has 0 unspecified atom stereocenters. The van der Waals surface area contributed by atoms with Crippen molar-refractivity contribution in [2.75, 3.05) is 40.5 Å². The summed E-state index contributed by atoms with van der Waals surface area (Å²) in [6.07, 6.45) is 0. The van der Waals surface area contributed by atoms with Gasteiger partial charge in [-0.15, -0.1) is 0 Å². The monoisotopic (exact) mass is 325 g/mol. The Balaban J connectivity index is 2.47. The quantitative estimate of drug-likeness (QED) is 0.809. The van der Waals surface area contributed by atoms with Crippen molar-refractivity contribution in [3.05, 3.63) is 35.9 Å². The molecule has 0 spiro atoms. The predicted octanol–water partition coefficient (Wildman–Crippen LogP) is 1.99. The Kier molecular flexibility index (Phi) is 7.71. The van der Waals surface area contributed by atoms with Gasteiger partial charge in [-0.2, -0.15) is 0 Å². The first-order chi connectivity index (χ1) is 9.91. The van der Waals surface area contributed by atoms with E-state index in [0.717, 1.165) is 4.32 Å². The van der Waals surface area contributed by atoms with Crippen molar-refractivity contribution in [2.24, 2.45) is 0 Å². The van der Waals surface area contributed by atoms with Crippen LogP contribution in [0.15, 0.2) is 30.3 Å². The summed E-state index contributed by atoms with van der Waals surface area (Å²) in [5, 5.41) is 2.98. The van der Waals surface area contributed by atoms with Gasteiger partial charge in [-0.25, -0.2) is 0 Å². The highest BCUT2D eigenvalue weighted by Crippen LogP contribution is 2.16. The summed E-state index contributed by atoms with van der Waals surface area (Å²) < 4.78 is 0.720. The molecule has 0 aromatic heterocycles. The molecule has 1 aromatic carbocycles. The minimum atomic E-state index is 0.00646. The number of nitrogens with zero attached hydrogens (tertiary/aromatic N) is 2. The lowest BCUT2D eigenvalue weighted by molar-refractivity contribution is -0.118. The van der Waals surface area contributed by atoms with E-state index >= 15 is 0 Å². The summed E-state index contributed by atoms with van der Waals surface area (Å²) in [7, 11) is 7.79. The largest absolute Gasteiger partial charge is 0.364 e. The Hall–Kier alpha value is -1.11. The van der Waals surface area contributed by atoms with Crippen LogP contribution in [0.25, 0.3) is 0 Å². The van der Waals surface area contributed by atoms with Gasteiger partial charge in [-0.05, 0) is 19.7 Å². The van der Waals surface area contributed by atoms with Gasteiger partial charge < -0.3 is 15.1 Å². The summed E-state index contributed by atoms with van der Waals surface area (Å²) in [4.78, 5) is 15.8. The molecule has 1 aromatic rings. The van der Waals surface area contributed by atoms with E-state index in [4.69, 9.17) is 12.2 Å². The summed E-state index contributed by atoms with van der Waals surface area (Å²) in [5.41, 5.74) is 1.19. The van der Waals surface area contributed by atoms with Crippen LogP contribution >= 0.6 is 24.0 Å². The van der Waals surface area contributed by atoms with E-state index < -0.39 is 0 Å². The number of hydrogen-bond acceptors (Lipinski definition) is 4. The highest BCUT2D eigenvalue weighted by Gasteiger charge is 2.15. The van der Waals surface area contributed by atoms with Crippen LogP contribution in [-0.2, 0) is 4.79 Å². The fraction of sp³-hybridized carbons (Fsp3) is 0.467. The van der Waals surface area contributed by atoms with Gasteiger partial charge in [0.1, 0.15) is 4.32 Å². The molecule has 0 radical (unpaired) electrons. The zero-order valence-electron chi connectivity index (χ0n) is 13.0. The number of rotatable bonds is 6. The fourth-order valence-electron chi connectivity index (χ4n) is 1.79. The second kappa shape index (κ2) is 9.02. The average molecular weight is 326 g/mol. The zero-order chi connectivity index (χ0) is 15.8. The van der Waals surface area contributed by atoms with Gasteiger partial charge in [-0.1, -0.05) is 54.3 Å². The maximum atomic E-state index is 11.9. The number of nitrogens with one attached hydrogen (secondary N) is 1. The molecule has 0 saturated carbocycles. The van der Waals surface area contributed by atoms with Crippen LogP contribution in [0.3, 0.4) is 0 Å². The zero-order valence-corrected chi connectivity index (χ0v) is 14.6. The third-order valence-corrected chi connectivity index (χ3v) is 4.73. The first-order valence-electron chi connectivity index (χ1n) is 6.74. The van der Waals surface area contributed by atoms with Gasteiger partial charge in [-0.3, -0.25) is 4.79 Å². The van der Waals surface area contributed by atoms with E-state index in [-0.39, 0.29) is 11.9 Å². The molecule has 1 atom stereocenters. The van der Waals surface area contributed by atoms with Crippen molar-refractivity contribution < 1.29 is 4.79 Å². The Morgan fingerprint density at radius 2 is 1.86 bits per heavy atom. The Labute approximate surface area is 136 Å². The maximum absolute atomic E-state index is 11.9. The first kappa shape index (κ1) is 17.9. The number of thiocarbonyl (C=S) groups is 1. The molecule has 0 heterocycles. The highest BCUT2D eigenvalue weighted by atomic mass is 32.2. The lowest BCUT2D eigenvalue weighted by Gasteiger charge is -2.25. The second-order valence-electron chi connectivity index (χ2n) is 5.14. The van der Waals surface area contributed by atoms with Crippen LogP contribution < -0.4 is 5.32 Å². The molecule has 21 heavy (non-hydrogen) atoms. The third-order valence-electron chi connectivity index (χ3n) is 2.99. The third kappa shape index (κ3) is 6.46. The smallest absolute Gasteiger partial charge is 0.230 e. The van der Waals surface area contributed by atoms with Crippen molar-refractivity contribution in [3.63, 3.8) is 0 Å². The summed E-state index contributed by atoms with van der Waals surface area (Å²) in [6, 6.07) is 10.3. The topological polar surface area (TPSA) is 35.6 Å². The number of thioether (sulfide) groups is 1. The molecular weight excluding hydrogens is 302 g/mol. The van der Waals surface area contributed by atoms with Crippen molar-refractivity contribution in [2.45, 2.75) is 6.04 Å². The Bertz CT molecular complexity index is 463. The molecule has 116 valence electrons. The molecule has 0 fully saturated rings. The van der Waals surface area contributed by atoms with Crippen molar-refractivity contribution in [1.29, 1.82) is 0 Å². The highest BCUT2D eigenvalue weighted by molar-refractivity contribution is 8.23. The van der Waals surface area contributed by atoms with Crippen LogP contribution in [0.5, 0.6) is 0 Å². The van der Waals surface area contributed by atoms with E-state index in [1.54, 1.807) is 0 Å². The number of likely N-dealkylation sites (N-methyl/N-ethyl adjacent to an activating group) is 1. The average Bonchev–Trinajstić information content (AvgIpc) is 2.45. The molecule has 0 aliphatic heterocycles. The Morgan fingerprint density at radius 3 is 2.38 bits per heavy atom. The number of amides is 1. The number of carbonyl (C=O) groups excluding carboxylic acids is 1. The van der Waals surface area contributed by atoms with Crippen molar-refractivity contribution in [1.82, 2.24) is 15.1 Å². The summed E-state index contributed by atoms with van der Waals surface area (Å²) in [5.74, 6) is 0.360. The lowest BCUT2D eigenvalue weighted by Crippen LogP contribution is -2.35. The molecule has 4 nitrogen and oxygen atoms in total. The first-order valence-corrected chi connectivity index (χ1v) is 8.13. The molecular formula is C15H23N3OS2. The van der Waals surface area contributed by atoms with Gasteiger partial charge in [0.05, 0.1) is 11.8 Å². The minimum Gasteiger partial charge on any atom is -0.364 e. The summed E-state index contributed by atoms with van der Waals surface area (Å²) >= 11 is 6.53. The molecule has 0 aliphatic rings. The molecule has 1 N–H and O–H groups in total. The number of hydrogen-bond donors (Lipinski definition) is 1. The lowest BCUT2D eigenvalue weighted by atomic mass is 10.1. The molecule has 6 heteroatoms. The van der Waals surface area contributed by atoms with Crippen LogP contribution in [0, 0.1) is 0 Å². The van der Waals surface area contributed by atoms with Gasteiger partial charge in [0.15, 0.2) is 0 Å². The molecule has 0 bridgehead atoms. The minimum absolute atomic E-state index is 0.00646. The normalized spacial score (nSPS) is 12.0. The standard InChI is InChI=1S/C15H23N3OS2/c1-17(2)13(12-8-6-5-7-9-12)10-16-14(19)11-21-15(20)18(3)4/h5-9,13H,10-11H2,1-4H3,(H,16,19)/t13-/m0/s1. The van der Waals surface area contributed by atoms with E-state index in [9.17, 15) is 4.79 Å². The summed E-state index contributed by atoms with van der Waals surface area (Å²) in [6.45, 7) is 0.588. The van der Waals surface area contributed by atoms with Crippen molar-refractivity contribution in [3.8, 4) is 0 Å². The van der Waals surface area contributed by atoms with E-state index in [1.807, 2.05) is 51.3 Å². The van der Waals surface area contributed by atoms with Crippen LogP contribution in [0.4, 0.5) is 0 Å². The molecule has 0 aliphatic carbocycles. The molecule has 1 amide bonds.